The van der Waals surface area contributed by atoms with Gasteiger partial charge in [0.1, 0.15) is 12.6 Å². The van der Waals surface area contributed by atoms with Crippen LogP contribution in [0.4, 0.5) is 79.4 Å². The van der Waals surface area contributed by atoms with E-state index in [2.05, 4.69) is 0 Å². The normalized spacial score (nSPS) is 15.1. The van der Waals surface area contributed by atoms with E-state index in [1.807, 2.05) is 5.32 Å². The fourth-order valence-corrected chi connectivity index (χ4v) is 3.48. The molecular formula is C24H22F17NO4. The highest BCUT2D eigenvalue weighted by atomic mass is 19.4. The molecule has 0 saturated heterocycles. The van der Waals surface area contributed by atoms with Crippen molar-refractivity contribution in [2.75, 3.05) is 0 Å². The van der Waals surface area contributed by atoms with Gasteiger partial charge in [0, 0.05) is 6.42 Å². The third kappa shape index (κ3) is 7.49. The van der Waals surface area contributed by atoms with Gasteiger partial charge < -0.3 is 15.2 Å². The van der Waals surface area contributed by atoms with E-state index < -0.39 is 90.8 Å². The molecule has 5 nitrogen and oxygen atoms in total. The van der Waals surface area contributed by atoms with Gasteiger partial charge in [0.2, 0.25) is 0 Å². The number of carbonyl (C=O) groups excluding carboxylic acids is 1. The zero-order chi connectivity index (χ0) is 36.5. The molecule has 1 amide bonds. The second-order valence-electron chi connectivity index (χ2n) is 10.2. The molecule has 0 bridgehead atoms. The van der Waals surface area contributed by atoms with Gasteiger partial charge in [-0.05, 0) is 29.9 Å². The van der Waals surface area contributed by atoms with E-state index >= 15 is 0 Å². The van der Waals surface area contributed by atoms with Gasteiger partial charge in [-0.1, -0.05) is 38.1 Å². The minimum Gasteiger partial charge on any atom is -0.480 e. The van der Waals surface area contributed by atoms with Crippen molar-refractivity contribution in [3.63, 3.8) is 0 Å². The van der Waals surface area contributed by atoms with Crippen LogP contribution in [0.1, 0.15) is 37.8 Å². The number of alkyl carbamates (subject to hydrolysis) is 1. The number of hydrogen-bond acceptors (Lipinski definition) is 3. The minimum absolute atomic E-state index is 0.00921. The Morgan fingerprint density at radius 3 is 1.46 bits per heavy atom. The van der Waals surface area contributed by atoms with Crippen LogP contribution in [0.25, 0.3) is 0 Å². The number of ether oxygens (including phenoxy) is 1. The number of carbonyl (C=O) groups is 2. The lowest BCUT2D eigenvalue weighted by Gasteiger charge is -2.42. The molecule has 1 aromatic carbocycles. The quantitative estimate of drug-likeness (QED) is 0.180. The van der Waals surface area contributed by atoms with Crippen LogP contribution in [-0.2, 0) is 22.6 Å². The Morgan fingerprint density at radius 1 is 0.674 bits per heavy atom. The topological polar surface area (TPSA) is 75.6 Å². The molecule has 0 aliphatic heterocycles. The van der Waals surface area contributed by atoms with Gasteiger partial charge >= 0.3 is 59.7 Å². The first-order chi connectivity index (χ1) is 20.3. The zero-order valence-corrected chi connectivity index (χ0v) is 22.9. The number of hydrogen-bond donors (Lipinski definition) is 2. The van der Waals surface area contributed by atoms with Crippen molar-refractivity contribution in [1.29, 1.82) is 0 Å². The zero-order valence-electron chi connectivity index (χ0n) is 22.9. The van der Waals surface area contributed by atoms with Gasteiger partial charge in [-0.15, -0.1) is 0 Å². The van der Waals surface area contributed by atoms with E-state index in [1.165, 1.54) is 0 Å². The van der Waals surface area contributed by atoms with Crippen molar-refractivity contribution in [3.05, 3.63) is 35.4 Å². The lowest BCUT2D eigenvalue weighted by Crippen LogP contribution is -2.74. The third-order valence-corrected chi connectivity index (χ3v) is 6.20. The van der Waals surface area contributed by atoms with Crippen LogP contribution in [0.15, 0.2) is 24.3 Å². The Balaban J connectivity index is 3.10. The Kier molecular flexibility index (Phi) is 11.6. The summed E-state index contributed by atoms with van der Waals surface area (Å²) in [5.41, 5.74) is -0.458. The molecule has 0 unspecified atom stereocenters. The van der Waals surface area contributed by atoms with E-state index in [0.29, 0.717) is 0 Å². The van der Waals surface area contributed by atoms with E-state index in [9.17, 15) is 84.2 Å². The first kappa shape index (κ1) is 40.8. The third-order valence-electron chi connectivity index (χ3n) is 6.20. The van der Waals surface area contributed by atoms with Crippen LogP contribution in [0, 0.1) is 5.92 Å². The van der Waals surface area contributed by atoms with Gasteiger partial charge in [0.25, 0.3) is 0 Å². The molecule has 266 valence electrons. The fraction of sp³-hybridized carbons (Fsp3) is 0.667. The van der Waals surface area contributed by atoms with Crippen molar-refractivity contribution in [1.82, 2.24) is 5.32 Å². The monoisotopic (exact) mass is 711 g/mol. The summed E-state index contributed by atoms with van der Waals surface area (Å²) in [6, 6.07) is 2.15. The Bertz CT molecular complexity index is 1210. The molecule has 0 spiro atoms. The SMILES string of the molecule is CC(C)C[C@H](NC(=O)OCc1ccc(CCC(F)(F)C(F)(F)C(F)(F)C(F)(F)C(F)(F)C(F)(F)C(F)(F)C(F)(F)F)cc1)C(=O)O. The maximum Gasteiger partial charge on any atom is 0.460 e. The van der Waals surface area contributed by atoms with Gasteiger partial charge in [-0.2, -0.15) is 74.6 Å². The van der Waals surface area contributed by atoms with Crippen LogP contribution >= 0.6 is 0 Å². The number of alkyl halides is 17. The Labute approximate surface area is 247 Å². The van der Waals surface area contributed by atoms with Crippen molar-refractivity contribution >= 4 is 12.1 Å². The molecule has 0 radical (unpaired) electrons. The Morgan fingerprint density at radius 2 is 1.07 bits per heavy atom. The molecule has 0 aliphatic rings. The number of carboxylic acids is 1. The summed E-state index contributed by atoms with van der Waals surface area (Å²) >= 11 is 0. The number of nitrogens with one attached hydrogen (secondary N) is 1. The second kappa shape index (κ2) is 13.1. The van der Waals surface area contributed by atoms with Gasteiger partial charge in [0.05, 0.1) is 0 Å². The van der Waals surface area contributed by atoms with Crippen LogP contribution in [0.3, 0.4) is 0 Å². The standard InChI is InChI=1S/C24H22F17NO4/c1-11(2)9-14(15(43)44)42-16(45)46-10-13-5-3-12(4-6-13)7-8-17(25,26)18(27,28)19(29,30)20(31,32)21(33,34)22(35,36)23(37,38)24(39,40)41/h3-6,11,14H,7-10H2,1-2H3,(H,42,45)(H,43,44)/t14-/m0/s1. The van der Waals surface area contributed by atoms with Gasteiger partial charge in [-0.3, -0.25) is 0 Å². The molecule has 0 aliphatic carbocycles. The van der Waals surface area contributed by atoms with E-state index in [0.717, 1.165) is 24.3 Å². The highest BCUT2D eigenvalue weighted by Gasteiger charge is 2.95. The second-order valence-corrected chi connectivity index (χ2v) is 10.2. The van der Waals surface area contributed by atoms with Crippen LogP contribution in [-0.4, -0.2) is 70.8 Å². The maximum absolute atomic E-state index is 14.1. The molecular weight excluding hydrogens is 689 g/mol. The number of amides is 1. The van der Waals surface area contributed by atoms with Crippen molar-refractivity contribution in [2.45, 2.75) is 93.4 Å². The summed E-state index contributed by atoms with van der Waals surface area (Å²) in [5, 5.41) is 11.1. The maximum atomic E-state index is 14.1. The summed E-state index contributed by atoms with van der Waals surface area (Å²) in [4.78, 5) is 23.0. The van der Waals surface area contributed by atoms with Crippen molar-refractivity contribution in [3.8, 4) is 0 Å². The average molecular weight is 711 g/mol. The molecule has 22 heteroatoms. The number of rotatable bonds is 15. The summed E-state index contributed by atoms with van der Waals surface area (Å²) in [5.74, 6) is -58.2. The predicted molar refractivity (Wildman–Crippen MR) is 120 cm³/mol. The molecule has 0 heterocycles. The molecule has 2 N–H and O–H groups in total. The van der Waals surface area contributed by atoms with Gasteiger partial charge in [-0.25, -0.2) is 9.59 Å². The largest absolute Gasteiger partial charge is 0.480 e. The molecule has 1 aromatic rings. The number of halogens is 17. The summed E-state index contributed by atoms with van der Waals surface area (Å²) < 4.78 is 232. The van der Waals surface area contributed by atoms with Gasteiger partial charge in [0.15, 0.2) is 0 Å². The predicted octanol–water partition coefficient (Wildman–Crippen LogP) is 8.35. The lowest BCUT2D eigenvalue weighted by molar-refractivity contribution is -0.461. The van der Waals surface area contributed by atoms with Crippen LogP contribution in [0.5, 0.6) is 0 Å². The smallest absolute Gasteiger partial charge is 0.460 e. The fourth-order valence-electron chi connectivity index (χ4n) is 3.48. The lowest BCUT2D eigenvalue weighted by atomic mass is 9.87. The van der Waals surface area contributed by atoms with E-state index in [1.54, 1.807) is 13.8 Å². The van der Waals surface area contributed by atoms with E-state index in [4.69, 9.17) is 9.84 Å². The molecule has 0 aromatic heterocycles. The summed E-state index contributed by atoms with van der Waals surface area (Å²) in [7, 11) is 0. The minimum atomic E-state index is -8.68. The molecule has 0 fully saturated rings. The van der Waals surface area contributed by atoms with Crippen LogP contribution in [0.2, 0.25) is 0 Å². The highest BCUT2D eigenvalue weighted by molar-refractivity contribution is 5.79. The summed E-state index contributed by atoms with van der Waals surface area (Å²) in [6.07, 6.45) is -13.1. The molecule has 1 atom stereocenters. The molecule has 0 saturated carbocycles. The number of aryl methyl sites for hydroxylation is 1. The first-order valence-corrected chi connectivity index (χ1v) is 12.3. The number of carboxylic acid groups (broad SMARTS) is 1. The number of aliphatic carboxylic acids is 1. The molecule has 1 rings (SSSR count). The number of benzene rings is 1. The van der Waals surface area contributed by atoms with Crippen molar-refractivity contribution < 1.29 is 94.1 Å². The molecule has 46 heavy (non-hydrogen) atoms. The van der Waals surface area contributed by atoms with Crippen molar-refractivity contribution in [2.24, 2.45) is 5.92 Å². The first-order valence-electron chi connectivity index (χ1n) is 12.3. The van der Waals surface area contributed by atoms with Crippen LogP contribution < -0.4 is 5.32 Å². The Hall–Kier alpha value is -3.23. The average Bonchev–Trinajstić information content (AvgIpc) is 2.89. The van der Waals surface area contributed by atoms with E-state index in [-0.39, 0.29) is 17.9 Å². The summed E-state index contributed by atoms with van der Waals surface area (Å²) in [6.45, 7) is 2.69. The highest BCUT2D eigenvalue weighted by Crippen LogP contribution is 2.64.